The minimum atomic E-state index is -0.493. The molecule has 0 saturated heterocycles. The van der Waals surface area contributed by atoms with E-state index >= 15 is 0 Å². The van der Waals surface area contributed by atoms with Crippen molar-refractivity contribution < 1.29 is 14.3 Å². The average Bonchev–Trinajstić information content (AvgIpc) is 2.63. The van der Waals surface area contributed by atoms with Crippen LogP contribution in [0.5, 0.6) is 0 Å². The Labute approximate surface area is 149 Å². The van der Waals surface area contributed by atoms with Gasteiger partial charge in [-0.3, -0.25) is 9.36 Å². The lowest BCUT2D eigenvalue weighted by atomic mass is 10.1. The van der Waals surface area contributed by atoms with E-state index in [1.165, 1.54) is 24.9 Å². The van der Waals surface area contributed by atoms with E-state index < -0.39 is 5.97 Å². The van der Waals surface area contributed by atoms with E-state index in [-0.39, 0.29) is 10.8 Å². The Morgan fingerprint density at radius 2 is 2.20 bits per heavy atom. The maximum Gasteiger partial charge on any atom is 0.337 e. The molecule has 1 aromatic carbocycles. The second kappa shape index (κ2) is 8.65. The number of rotatable bonds is 7. The number of nitriles is 1. The summed E-state index contributed by atoms with van der Waals surface area (Å²) >= 11 is 1.21. The number of hydrogen-bond acceptors (Lipinski definition) is 7. The molecule has 1 unspecified atom stereocenters. The van der Waals surface area contributed by atoms with Crippen molar-refractivity contribution >= 4 is 28.6 Å². The fraction of sp³-hybridized carbons (Fsp3) is 0.412. The smallest absolute Gasteiger partial charge is 0.337 e. The number of esters is 1. The lowest BCUT2D eigenvalue weighted by molar-refractivity contribution is 0.0601. The van der Waals surface area contributed by atoms with Crippen molar-refractivity contribution in [1.82, 2.24) is 9.55 Å². The average molecular weight is 361 g/mol. The number of fused-ring (bicyclic) bond motifs is 1. The summed E-state index contributed by atoms with van der Waals surface area (Å²) < 4.78 is 11.3. The number of ether oxygens (including phenoxy) is 2. The van der Waals surface area contributed by atoms with Gasteiger partial charge in [0.15, 0.2) is 5.16 Å². The number of carbonyl (C=O) groups excluding carboxylic acids is 1. The normalized spacial score (nSPS) is 11.9. The summed E-state index contributed by atoms with van der Waals surface area (Å²) in [6.07, 6.45) is 0.651. The van der Waals surface area contributed by atoms with Crippen LogP contribution in [0.1, 0.15) is 23.7 Å². The van der Waals surface area contributed by atoms with Crippen LogP contribution in [0.2, 0.25) is 0 Å². The lowest BCUT2D eigenvalue weighted by Crippen LogP contribution is -2.24. The number of thioether (sulfide) groups is 1. The summed E-state index contributed by atoms with van der Waals surface area (Å²) in [5.74, 6) is -0.493. The van der Waals surface area contributed by atoms with Gasteiger partial charge < -0.3 is 9.47 Å². The van der Waals surface area contributed by atoms with E-state index in [1.54, 1.807) is 30.7 Å². The van der Waals surface area contributed by atoms with Crippen LogP contribution in [0.15, 0.2) is 28.2 Å². The molecule has 0 N–H and O–H groups in total. The molecule has 1 atom stereocenters. The minimum absolute atomic E-state index is 0.204. The van der Waals surface area contributed by atoms with Crippen LogP contribution in [-0.4, -0.2) is 41.6 Å². The Hall–Kier alpha value is -2.37. The number of nitrogens with zero attached hydrogens (tertiary/aromatic N) is 3. The van der Waals surface area contributed by atoms with E-state index in [2.05, 4.69) is 11.1 Å². The molecule has 0 fully saturated rings. The van der Waals surface area contributed by atoms with Crippen molar-refractivity contribution in [2.75, 3.05) is 20.8 Å². The molecule has 2 aromatic rings. The first-order valence-electron chi connectivity index (χ1n) is 7.70. The van der Waals surface area contributed by atoms with Crippen LogP contribution >= 0.6 is 11.8 Å². The van der Waals surface area contributed by atoms with E-state index in [4.69, 9.17) is 14.7 Å². The molecule has 1 heterocycles. The molecule has 0 spiro atoms. The predicted octanol–water partition coefficient (Wildman–Crippen LogP) is 2.22. The van der Waals surface area contributed by atoms with E-state index in [0.717, 1.165) is 0 Å². The number of hydrogen-bond donors (Lipinski definition) is 0. The Kier molecular flexibility index (Phi) is 6.56. The fourth-order valence-corrected chi connectivity index (χ4v) is 3.11. The molecule has 0 bridgehead atoms. The van der Waals surface area contributed by atoms with Crippen LogP contribution in [0.25, 0.3) is 10.9 Å². The lowest BCUT2D eigenvalue weighted by Gasteiger charge is -2.14. The van der Waals surface area contributed by atoms with Crippen molar-refractivity contribution in [3.8, 4) is 6.07 Å². The van der Waals surface area contributed by atoms with Gasteiger partial charge >= 0.3 is 5.97 Å². The number of benzene rings is 1. The Morgan fingerprint density at radius 1 is 1.44 bits per heavy atom. The standard InChI is InChI=1S/C17H19N3O4S/c1-11(10-18)25-17-19-14-9-12(16(22)24-3)5-6-13(14)15(21)20(17)7-4-8-23-2/h5-6,9,11H,4,7-8H2,1-3H3. The second-order valence-corrected chi connectivity index (χ2v) is 6.62. The van der Waals surface area contributed by atoms with Crippen molar-refractivity contribution in [2.45, 2.75) is 30.3 Å². The highest BCUT2D eigenvalue weighted by atomic mass is 32.2. The number of methoxy groups -OCH3 is 2. The van der Waals surface area contributed by atoms with Gasteiger partial charge in [0.2, 0.25) is 0 Å². The van der Waals surface area contributed by atoms with Crippen LogP contribution < -0.4 is 5.56 Å². The first-order chi connectivity index (χ1) is 12.0. The Morgan fingerprint density at radius 3 is 2.84 bits per heavy atom. The summed E-state index contributed by atoms with van der Waals surface area (Å²) in [5, 5.41) is 9.57. The molecule has 132 valence electrons. The first-order valence-corrected chi connectivity index (χ1v) is 8.58. The third-order valence-corrected chi connectivity index (χ3v) is 4.52. The van der Waals surface area contributed by atoms with Crippen LogP contribution in [0, 0.1) is 11.3 Å². The monoisotopic (exact) mass is 361 g/mol. The van der Waals surface area contributed by atoms with Crippen LogP contribution in [-0.2, 0) is 16.0 Å². The molecule has 25 heavy (non-hydrogen) atoms. The van der Waals surface area contributed by atoms with Gasteiger partial charge in [-0.25, -0.2) is 9.78 Å². The van der Waals surface area contributed by atoms with Gasteiger partial charge in [0.1, 0.15) is 0 Å². The summed E-state index contributed by atoms with van der Waals surface area (Å²) in [6, 6.07) is 6.77. The van der Waals surface area contributed by atoms with Gasteiger partial charge in [0.05, 0.1) is 34.9 Å². The third-order valence-electron chi connectivity index (χ3n) is 3.54. The van der Waals surface area contributed by atoms with E-state index in [0.29, 0.717) is 41.2 Å². The molecule has 2 rings (SSSR count). The molecule has 0 aliphatic rings. The zero-order valence-electron chi connectivity index (χ0n) is 14.3. The summed E-state index contributed by atoms with van der Waals surface area (Å²) in [7, 11) is 2.90. The van der Waals surface area contributed by atoms with Gasteiger partial charge in [-0.15, -0.1) is 0 Å². The predicted molar refractivity (Wildman–Crippen MR) is 94.8 cm³/mol. The molecule has 0 radical (unpaired) electrons. The number of carbonyl (C=O) groups is 1. The molecule has 1 aromatic heterocycles. The maximum atomic E-state index is 12.8. The summed E-state index contributed by atoms with van der Waals surface area (Å²) in [5.41, 5.74) is 0.525. The third kappa shape index (κ3) is 4.38. The number of aromatic nitrogens is 2. The summed E-state index contributed by atoms with van der Waals surface area (Å²) in [6.45, 7) is 2.70. The van der Waals surface area contributed by atoms with E-state index in [9.17, 15) is 9.59 Å². The first kappa shape index (κ1) is 19.0. The minimum Gasteiger partial charge on any atom is -0.465 e. The van der Waals surface area contributed by atoms with Crippen LogP contribution in [0.3, 0.4) is 0 Å². The van der Waals surface area contributed by atoms with Crippen molar-refractivity contribution in [3.63, 3.8) is 0 Å². The van der Waals surface area contributed by atoms with Crippen LogP contribution in [0.4, 0.5) is 0 Å². The molecule has 7 nitrogen and oxygen atoms in total. The van der Waals surface area contributed by atoms with Crippen molar-refractivity contribution in [3.05, 3.63) is 34.1 Å². The van der Waals surface area contributed by atoms with Gasteiger partial charge in [0.25, 0.3) is 5.56 Å². The maximum absolute atomic E-state index is 12.8. The fourth-order valence-electron chi connectivity index (χ4n) is 2.28. The topological polar surface area (TPSA) is 94.2 Å². The van der Waals surface area contributed by atoms with Gasteiger partial charge in [-0.1, -0.05) is 11.8 Å². The highest BCUT2D eigenvalue weighted by Gasteiger charge is 2.16. The molecule has 0 aliphatic heterocycles. The van der Waals surface area contributed by atoms with Gasteiger partial charge in [0, 0.05) is 20.3 Å². The van der Waals surface area contributed by atoms with Crippen molar-refractivity contribution in [2.24, 2.45) is 0 Å². The zero-order valence-corrected chi connectivity index (χ0v) is 15.1. The molecule has 0 amide bonds. The largest absolute Gasteiger partial charge is 0.465 e. The van der Waals surface area contributed by atoms with E-state index in [1.807, 2.05) is 0 Å². The zero-order chi connectivity index (χ0) is 18.4. The van der Waals surface area contributed by atoms with Gasteiger partial charge in [-0.05, 0) is 31.5 Å². The SMILES string of the molecule is COCCCn1c(SC(C)C#N)nc2cc(C(=O)OC)ccc2c1=O. The summed E-state index contributed by atoms with van der Waals surface area (Å²) in [4.78, 5) is 29.0. The van der Waals surface area contributed by atoms with Gasteiger partial charge in [-0.2, -0.15) is 5.26 Å². The molecule has 0 saturated carbocycles. The second-order valence-electron chi connectivity index (χ2n) is 5.31. The molecule has 8 heteroatoms. The molecular formula is C17H19N3O4S. The Balaban J connectivity index is 2.57. The highest BCUT2D eigenvalue weighted by Crippen LogP contribution is 2.23. The molecular weight excluding hydrogens is 342 g/mol. The highest BCUT2D eigenvalue weighted by molar-refractivity contribution is 8.00. The van der Waals surface area contributed by atoms with Crippen molar-refractivity contribution in [1.29, 1.82) is 5.26 Å². The molecule has 0 aliphatic carbocycles. The Bertz CT molecular complexity index is 873. The quantitative estimate of drug-likeness (QED) is 0.323.